The van der Waals surface area contributed by atoms with Crippen LogP contribution < -0.4 is 9.64 Å². The second-order valence-corrected chi connectivity index (χ2v) is 8.57. The number of benzene rings is 1. The maximum atomic E-state index is 12.8. The molecular formula is C20H27BrN4O3. The van der Waals surface area contributed by atoms with Crippen LogP contribution in [0.25, 0.3) is 0 Å². The van der Waals surface area contributed by atoms with Gasteiger partial charge in [0.1, 0.15) is 12.3 Å². The van der Waals surface area contributed by atoms with Crippen LogP contribution in [0.2, 0.25) is 0 Å². The van der Waals surface area contributed by atoms with E-state index in [1.165, 1.54) is 25.9 Å². The van der Waals surface area contributed by atoms with E-state index in [4.69, 9.17) is 4.74 Å². The number of nitrogens with zero attached hydrogens (tertiary/aromatic N) is 4. The summed E-state index contributed by atoms with van der Waals surface area (Å²) in [6, 6.07) is 5.51. The fraction of sp³-hybridized carbons (Fsp3) is 0.600. The van der Waals surface area contributed by atoms with Crippen molar-refractivity contribution in [3.8, 4) is 5.75 Å². The van der Waals surface area contributed by atoms with Crippen LogP contribution in [0, 0.1) is 0 Å². The molecule has 2 saturated heterocycles. The van der Waals surface area contributed by atoms with E-state index in [1.807, 2.05) is 23.1 Å². The minimum atomic E-state index is -0.174. The molecule has 0 aliphatic carbocycles. The third-order valence-electron chi connectivity index (χ3n) is 5.81. The molecule has 1 aromatic carbocycles. The molecule has 4 rings (SSSR count). The Kier molecular flexibility index (Phi) is 6.18. The number of amides is 2. The third kappa shape index (κ3) is 4.50. The first kappa shape index (κ1) is 19.7. The summed E-state index contributed by atoms with van der Waals surface area (Å²) in [5, 5.41) is 0. The molecule has 0 saturated carbocycles. The number of piperazine rings is 1. The predicted molar refractivity (Wildman–Crippen MR) is 111 cm³/mol. The van der Waals surface area contributed by atoms with Gasteiger partial charge < -0.3 is 14.5 Å². The van der Waals surface area contributed by atoms with Gasteiger partial charge in [-0.1, -0.05) is 15.9 Å². The van der Waals surface area contributed by atoms with Gasteiger partial charge >= 0.3 is 0 Å². The van der Waals surface area contributed by atoms with Gasteiger partial charge in [-0.05, 0) is 44.1 Å². The number of hydrogen-bond acceptors (Lipinski definition) is 5. The Morgan fingerprint density at radius 2 is 1.68 bits per heavy atom. The lowest BCUT2D eigenvalue weighted by Gasteiger charge is -2.37. The predicted octanol–water partition coefficient (Wildman–Crippen LogP) is 1.41. The summed E-state index contributed by atoms with van der Waals surface area (Å²) in [6.45, 7) is 7.96. The van der Waals surface area contributed by atoms with Crippen molar-refractivity contribution in [3.05, 3.63) is 22.7 Å². The molecule has 3 heterocycles. The van der Waals surface area contributed by atoms with Gasteiger partial charge in [-0.25, -0.2) is 0 Å². The Morgan fingerprint density at radius 3 is 2.39 bits per heavy atom. The number of anilines is 1. The largest absolute Gasteiger partial charge is 0.482 e. The molecule has 0 unspecified atom stereocenters. The van der Waals surface area contributed by atoms with Crippen LogP contribution in [-0.4, -0.2) is 92.0 Å². The molecule has 28 heavy (non-hydrogen) atoms. The van der Waals surface area contributed by atoms with Gasteiger partial charge in [-0.15, -0.1) is 0 Å². The molecule has 0 spiro atoms. The fourth-order valence-corrected chi connectivity index (χ4v) is 4.44. The normalized spacial score (nSPS) is 21.0. The van der Waals surface area contributed by atoms with Gasteiger partial charge in [-0.3, -0.25) is 19.4 Å². The summed E-state index contributed by atoms with van der Waals surface area (Å²) in [7, 11) is 0. The van der Waals surface area contributed by atoms with Crippen LogP contribution >= 0.6 is 15.9 Å². The van der Waals surface area contributed by atoms with E-state index in [1.54, 1.807) is 4.90 Å². The van der Waals surface area contributed by atoms with Gasteiger partial charge in [0.15, 0.2) is 6.61 Å². The van der Waals surface area contributed by atoms with E-state index in [0.717, 1.165) is 43.7 Å². The molecule has 3 aliphatic rings. The van der Waals surface area contributed by atoms with Crippen LogP contribution in [0.15, 0.2) is 22.7 Å². The minimum absolute atomic E-state index is 0.00307. The van der Waals surface area contributed by atoms with Gasteiger partial charge in [0.05, 0.1) is 5.69 Å². The summed E-state index contributed by atoms with van der Waals surface area (Å²) in [6.07, 6.45) is 2.64. The zero-order valence-electron chi connectivity index (χ0n) is 16.1. The Labute approximate surface area is 174 Å². The van der Waals surface area contributed by atoms with E-state index in [2.05, 4.69) is 25.7 Å². The zero-order valence-corrected chi connectivity index (χ0v) is 17.7. The molecule has 2 fully saturated rings. The van der Waals surface area contributed by atoms with Crippen molar-refractivity contribution in [2.75, 3.05) is 70.4 Å². The molecule has 3 aliphatic heterocycles. The average Bonchev–Trinajstić information content (AvgIpc) is 3.22. The van der Waals surface area contributed by atoms with Crippen molar-refractivity contribution < 1.29 is 14.3 Å². The SMILES string of the molecule is O=C(CN1C(=O)COc2cc(Br)ccc21)N1CCN(CCN2CCCC2)CC1. The number of halogens is 1. The lowest BCUT2D eigenvalue weighted by molar-refractivity contribution is -0.133. The highest BCUT2D eigenvalue weighted by Gasteiger charge is 2.30. The van der Waals surface area contributed by atoms with Crippen molar-refractivity contribution in [1.29, 1.82) is 0 Å². The molecule has 2 amide bonds. The maximum Gasteiger partial charge on any atom is 0.265 e. The second-order valence-electron chi connectivity index (χ2n) is 7.65. The first-order chi connectivity index (χ1) is 13.6. The summed E-state index contributed by atoms with van der Waals surface area (Å²) in [5.41, 5.74) is 0.664. The number of rotatable bonds is 5. The summed E-state index contributed by atoms with van der Waals surface area (Å²) < 4.78 is 6.39. The van der Waals surface area contributed by atoms with E-state index < -0.39 is 0 Å². The maximum absolute atomic E-state index is 12.8. The number of carbonyl (C=O) groups is 2. The van der Waals surface area contributed by atoms with Crippen molar-refractivity contribution >= 4 is 33.4 Å². The molecule has 7 nitrogen and oxygen atoms in total. The quantitative estimate of drug-likeness (QED) is 0.678. The highest BCUT2D eigenvalue weighted by atomic mass is 79.9. The van der Waals surface area contributed by atoms with E-state index in [0.29, 0.717) is 11.4 Å². The van der Waals surface area contributed by atoms with Gasteiger partial charge in [0.25, 0.3) is 5.91 Å². The highest BCUT2D eigenvalue weighted by Crippen LogP contribution is 2.34. The van der Waals surface area contributed by atoms with Crippen molar-refractivity contribution in [3.63, 3.8) is 0 Å². The van der Waals surface area contributed by atoms with Crippen LogP contribution in [0.1, 0.15) is 12.8 Å². The fourth-order valence-electron chi connectivity index (χ4n) is 4.10. The van der Waals surface area contributed by atoms with E-state index in [9.17, 15) is 9.59 Å². The van der Waals surface area contributed by atoms with Gasteiger partial charge in [0, 0.05) is 43.7 Å². The number of fused-ring (bicyclic) bond motifs is 1. The lowest BCUT2D eigenvalue weighted by Crippen LogP contribution is -2.53. The Hall–Kier alpha value is -1.64. The molecule has 0 atom stereocenters. The first-order valence-electron chi connectivity index (χ1n) is 10.1. The standard InChI is InChI=1S/C20H27BrN4O3/c21-16-3-4-17-18(13-16)28-15-20(27)25(17)14-19(26)24-11-9-23(10-12-24)8-7-22-5-1-2-6-22/h3-4,13H,1-2,5-12,14-15H2. The summed E-state index contributed by atoms with van der Waals surface area (Å²) >= 11 is 3.41. The molecule has 0 N–H and O–H groups in total. The Balaban J connectivity index is 1.29. The highest BCUT2D eigenvalue weighted by molar-refractivity contribution is 9.10. The number of carbonyl (C=O) groups excluding carboxylic acids is 2. The minimum Gasteiger partial charge on any atom is -0.482 e. The summed E-state index contributed by atoms with van der Waals surface area (Å²) in [5.74, 6) is 0.462. The Bertz CT molecular complexity index is 730. The number of likely N-dealkylation sites (tertiary alicyclic amines) is 1. The molecule has 8 heteroatoms. The molecule has 1 aromatic rings. The molecular weight excluding hydrogens is 424 g/mol. The topological polar surface area (TPSA) is 56.3 Å². The monoisotopic (exact) mass is 450 g/mol. The average molecular weight is 451 g/mol. The zero-order chi connectivity index (χ0) is 19.5. The molecule has 0 bridgehead atoms. The molecule has 152 valence electrons. The van der Waals surface area contributed by atoms with Gasteiger partial charge in [0.2, 0.25) is 5.91 Å². The number of ether oxygens (including phenoxy) is 1. The van der Waals surface area contributed by atoms with Crippen LogP contribution in [0.4, 0.5) is 5.69 Å². The van der Waals surface area contributed by atoms with Crippen LogP contribution in [0.3, 0.4) is 0 Å². The molecule has 0 radical (unpaired) electrons. The van der Waals surface area contributed by atoms with Crippen LogP contribution in [-0.2, 0) is 9.59 Å². The molecule has 0 aromatic heterocycles. The van der Waals surface area contributed by atoms with E-state index >= 15 is 0 Å². The van der Waals surface area contributed by atoms with Crippen molar-refractivity contribution in [1.82, 2.24) is 14.7 Å². The van der Waals surface area contributed by atoms with Crippen molar-refractivity contribution in [2.24, 2.45) is 0 Å². The van der Waals surface area contributed by atoms with E-state index in [-0.39, 0.29) is 25.0 Å². The van der Waals surface area contributed by atoms with Crippen LogP contribution in [0.5, 0.6) is 5.75 Å². The summed E-state index contributed by atoms with van der Waals surface area (Å²) in [4.78, 5) is 33.5. The Morgan fingerprint density at radius 1 is 1.00 bits per heavy atom. The first-order valence-corrected chi connectivity index (χ1v) is 10.8. The second kappa shape index (κ2) is 8.80. The smallest absolute Gasteiger partial charge is 0.265 e. The lowest BCUT2D eigenvalue weighted by atomic mass is 10.2. The van der Waals surface area contributed by atoms with Crippen molar-refractivity contribution in [2.45, 2.75) is 12.8 Å². The third-order valence-corrected chi connectivity index (χ3v) is 6.31. The number of hydrogen-bond donors (Lipinski definition) is 0. The van der Waals surface area contributed by atoms with Gasteiger partial charge in [-0.2, -0.15) is 0 Å².